The molecule has 0 saturated carbocycles. The monoisotopic (exact) mass is 382 g/mol. The summed E-state index contributed by atoms with van der Waals surface area (Å²) in [5, 5.41) is 2.87. The maximum absolute atomic E-state index is 12.9. The van der Waals surface area contributed by atoms with E-state index in [9.17, 15) is 9.59 Å². The van der Waals surface area contributed by atoms with Crippen molar-refractivity contribution in [2.45, 2.75) is 46.7 Å². The van der Waals surface area contributed by atoms with Gasteiger partial charge in [-0.1, -0.05) is 55.0 Å². The minimum atomic E-state index is -0.582. The maximum Gasteiger partial charge on any atom is 0.261 e. The molecule has 0 fully saturated rings. The van der Waals surface area contributed by atoms with E-state index >= 15 is 0 Å². The van der Waals surface area contributed by atoms with E-state index in [0.717, 1.165) is 23.1 Å². The minimum Gasteiger partial charge on any atom is -0.483 e. The van der Waals surface area contributed by atoms with Gasteiger partial charge in [0, 0.05) is 13.1 Å². The second-order valence-corrected chi connectivity index (χ2v) is 7.03. The molecule has 0 bridgehead atoms. The molecule has 0 unspecified atom stereocenters. The Hall–Kier alpha value is -2.82. The molecule has 2 aromatic carbocycles. The number of nitrogens with one attached hydrogen (secondary N) is 1. The van der Waals surface area contributed by atoms with Crippen molar-refractivity contribution in [3.8, 4) is 5.75 Å². The van der Waals surface area contributed by atoms with Gasteiger partial charge in [-0.2, -0.15) is 0 Å². The summed E-state index contributed by atoms with van der Waals surface area (Å²) < 4.78 is 5.76. The molecule has 0 aromatic heterocycles. The number of nitrogens with zero attached hydrogens (tertiary/aromatic N) is 1. The molecule has 0 saturated heterocycles. The van der Waals surface area contributed by atoms with Gasteiger partial charge in [-0.3, -0.25) is 9.59 Å². The molecule has 2 aromatic rings. The van der Waals surface area contributed by atoms with Crippen LogP contribution in [0.1, 0.15) is 37.0 Å². The van der Waals surface area contributed by atoms with Crippen LogP contribution < -0.4 is 10.1 Å². The molecule has 5 heteroatoms. The molecule has 0 heterocycles. The normalized spacial score (nSPS) is 11.6. The van der Waals surface area contributed by atoms with Crippen LogP contribution in [0.3, 0.4) is 0 Å². The van der Waals surface area contributed by atoms with E-state index in [1.54, 1.807) is 11.8 Å². The van der Waals surface area contributed by atoms with Gasteiger partial charge in [0.1, 0.15) is 11.8 Å². The van der Waals surface area contributed by atoms with Crippen molar-refractivity contribution in [3.63, 3.8) is 0 Å². The van der Waals surface area contributed by atoms with Crippen LogP contribution in [-0.2, 0) is 16.1 Å². The van der Waals surface area contributed by atoms with E-state index in [1.165, 1.54) is 0 Å². The maximum atomic E-state index is 12.9. The average molecular weight is 383 g/mol. The van der Waals surface area contributed by atoms with Gasteiger partial charge in [-0.15, -0.1) is 0 Å². The highest BCUT2D eigenvalue weighted by molar-refractivity contribution is 5.87. The van der Waals surface area contributed by atoms with Gasteiger partial charge in [-0.25, -0.2) is 0 Å². The first-order valence-corrected chi connectivity index (χ1v) is 9.73. The van der Waals surface area contributed by atoms with Crippen molar-refractivity contribution in [1.82, 2.24) is 10.2 Å². The number of carbonyl (C=O) groups is 2. The summed E-state index contributed by atoms with van der Waals surface area (Å²) in [6.07, 6.45) is 0.848. The van der Waals surface area contributed by atoms with Crippen LogP contribution >= 0.6 is 0 Å². The lowest BCUT2D eigenvalue weighted by atomic mass is 10.1. The zero-order valence-corrected chi connectivity index (χ0v) is 17.2. The third-order valence-corrected chi connectivity index (χ3v) is 4.59. The van der Waals surface area contributed by atoms with Crippen LogP contribution in [0.4, 0.5) is 0 Å². The highest BCUT2D eigenvalue weighted by Gasteiger charge is 2.26. The topological polar surface area (TPSA) is 58.6 Å². The largest absolute Gasteiger partial charge is 0.483 e. The van der Waals surface area contributed by atoms with Crippen molar-refractivity contribution in [1.29, 1.82) is 0 Å². The van der Waals surface area contributed by atoms with Crippen LogP contribution in [0.5, 0.6) is 5.75 Å². The first kappa shape index (κ1) is 21.5. The zero-order valence-electron chi connectivity index (χ0n) is 17.2. The predicted octanol–water partition coefficient (Wildman–Crippen LogP) is 3.63. The van der Waals surface area contributed by atoms with Gasteiger partial charge in [0.05, 0.1) is 0 Å². The van der Waals surface area contributed by atoms with Gasteiger partial charge in [0.25, 0.3) is 5.91 Å². The molecule has 150 valence electrons. The van der Waals surface area contributed by atoms with Crippen LogP contribution in [0, 0.1) is 13.8 Å². The molecule has 1 atom stereocenters. The highest BCUT2D eigenvalue weighted by Crippen LogP contribution is 2.19. The molecule has 28 heavy (non-hydrogen) atoms. The van der Waals surface area contributed by atoms with Gasteiger partial charge in [0.15, 0.2) is 6.61 Å². The predicted molar refractivity (Wildman–Crippen MR) is 111 cm³/mol. The highest BCUT2D eigenvalue weighted by atomic mass is 16.5. The summed E-state index contributed by atoms with van der Waals surface area (Å²) >= 11 is 0. The summed E-state index contributed by atoms with van der Waals surface area (Å²) in [6, 6.07) is 14.9. The van der Waals surface area contributed by atoms with Gasteiger partial charge >= 0.3 is 0 Å². The lowest BCUT2D eigenvalue weighted by Crippen LogP contribution is -2.49. The van der Waals surface area contributed by atoms with E-state index in [-0.39, 0.29) is 18.4 Å². The van der Waals surface area contributed by atoms with E-state index in [4.69, 9.17) is 4.74 Å². The number of aryl methyl sites for hydroxylation is 2. The van der Waals surface area contributed by atoms with Gasteiger partial charge < -0.3 is 15.0 Å². The Morgan fingerprint density at radius 3 is 2.46 bits per heavy atom. The number of rotatable bonds is 9. The fraction of sp³-hybridized carbons (Fsp3) is 0.391. The second kappa shape index (κ2) is 10.5. The number of carbonyl (C=O) groups excluding carboxylic acids is 2. The molecule has 0 spiro atoms. The van der Waals surface area contributed by atoms with Crippen molar-refractivity contribution >= 4 is 11.8 Å². The zero-order chi connectivity index (χ0) is 20.5. The molecule has 0 aliphatic rings. The van der Waals surface area contributed by atoms with E-state index in [1.807, 2.05) is 69.3 Å². The summed E-state index contributed by atoms with van der Waals surface area (Å²) in [4.78, 5) is 27.0. The molecule has 1 N–H and O–H groups in total. The molecule has 0 aliphatic heterocycles. The molecular weight excluding hydrogens is 352 g/mol. The summed E-state index contributed by atoms with van der Waals surface area (Å²) in [5.74, 6) is 0.308. The van der Waals surface area contributed by atoms with Crippen molar-refractivity contribution in [3.05, 3.63) is 65.2 Å². The number of benzene rings is 2. The number of hydrogen-bond acceptors (Lipinski definition) is 3. The number of ether oxygens (including phenoxy) is 1. The molecule has 5 nitrogen and oxygen atoms in total. The number of hydrogen-bond donors (Lipinski definition) is 1. The number of amides is 2. The third-order valence-electron chi connectivity index (χ3n) is 4.59. The molecule has 0 radical (unpaired) electrons. The Labute approximate surface area is 167 Å². The van der Waals surface area contributed by atoms with Crippen LogP contribution in [0.25, 0.3) is 0 Å². The first-order chi connectivity index (χ1) is 13.4. The molecular formula is C23H30N2O3. The minimum absolute atomic E-state index is 0.109. The van der Waals surface area contributed by atoms with Crippen LogP contribution in [0.15, 0.2) is 48.5 Å². The van der Waals surface area contributed by atoms with Crippen molar-refractivity contribution in [2.24, 2.45) is 0 Å². The summed E-state index contributed by atoms with van der Waals surface area (Å²) in [7, 11) is 0. The molecule has 0 aliphatic carbocycles. The van der Waals surface area contributed by atoms with Crippen molar-refractivity contribution < 1.29 is 14.3 Å². The van der Waals surface area contributed by atoms with Crippen molar-refractivity contribution in [2.75, 3.05) is 13.2 Å². The molecule has 2 rings (SSSR count). The average Bonchev–Trinajstić information content (AvgIpc) is 2.69. The van der Waals surface area contributed by atoms with Crippen LogP contribution in [-0.4, -0.2) is 35.9 Å². The van der Waals surface area contributed by atoms with Crippen LogP contribution in [0.2, 0.25) is 0 Å². The lowest BCUT2D eigenvalue weighted by molar-refractivity contribution is -0.142. The molecule has 2 amide bonds. The fourth-order valence-electron chi connectivity index (χ4n) is 2.94. The Morgan fingerprint density at radius 1 is 1.11 bits per heavy atom. The lowest BCUT2D eigenvalue weighted by Gasteiger charge is -2.28. The Kier molecular flexibility index (Phi) is 8.05. The van der Waals surface area contributed by atoms with Gasteiger partial charge in [0.2, 0.25) is 5.91 Å². The summed E-state index contributed by atoms with van der Waals surface area (Å²) in [5.41, 5.74) is 3.09. The van der Waals surface area contributed by atoms with E-state index in [2.05, 4.69) is 5.32 Å². The van der Waals surface area contributed by atoms with E-state index < -0.39 is 6.04 Å². The fourth-order valence-corrected chi connectivity index (χ4v) is 2.94. The standard InChI is InChI=1S/C23H30N2O3/c1-5-13-24-23(27)19(4)25(15-20-9-7-6-8-10-20)22(26)16-28-21-12-11-17(2)14-18(21)3/h6-12,14,19H,5,13,15-16H2,1-4H3,(H,24,27)/t19-/m0/s1. The third kappa shape index (κ3) is 6.12. The Balaban J connectivity index is 2.12. The smallest absolute Gasteiger partial charge is 0.261 e. The SMILES string of the molecule is CCCNC(=O)[C@H](C)N(Cc1ccccc1)C(=O)COc1ccc(C)cc1C. The first-order valence-electron chi connectivity index (χ1n) is 9.73. The van der Waals surface area contributed by atoms with Gasteiger partial charge in [-0.05, 0) is 44.4 Å². The quantitative estimate of drug-likeness (QED) is 0.721. The Morgan fingerprint density at radius 2 is 1.82 bits per heavy atom. The van der Waals surface area contributed by atoms with E-state index in [0.29, 0.717) is 18.8 Å². The second-order valence-electron chi connectivity index (χ2n) is 7.03. The Bertz CT molecular complexity index is 790. The summed E-state index contributed by atoms with van der Waals surface area (Å²) in [6.45, 7) is 8.56.